The van der Waals surface area contributed by atoms with Crippen molar-refractivity contribution in [2.45, 2.75) is 59.2 Å². The lowest BCUT2D eigenvalue weighted by atomic mass is 9.98. The van der Waals surface area contributed by atoms with Crippen LogP contribution in [0.15, 0.2) is 66.7 Å². The minimum atomic E-state index is -1.14. The number of hydrogen-bond acceptors (Lipinski definition) is 4. The lowest BCUT2D eigenvalue weighted by Gasteiger charge is -2.31. The number of carbonyl (C=O) groups is 3. The van der Waals surface area contributed by atoms with E-state index >= 15 is 0 Å². The number of carbonyl (C=O) groups excluding carboxylic acids is 3. The summed E-state index contributed by atoms with van der Waals surface area (Å²) in [5, 5.41) is 7.55. The van der Waals surface area contributed by atoms with Gasteiger partial charge in [0.1, 0.15) is 17.7 Å². The van der Waals surface area contributed by atoms with Crippen molar-refractivity contribution in [3.63, 3.8) is 0 Å². The number of anilines is 1. The number of rotatable bonds is 7. The van der Waals surface area contributed by atoms with E-state index in [0.717, 1.165) is 21.2 Å². The van der Waals surface area contributed by atoms with Gasteiger partial charge in [-0.05, 0) is 62.1 Å². The monoisotopic (exact) mass is 513 g/mol. The highest BCUT2D eigenvalue weighted by atomic mass is 16.6. The quantitative estimate of drug-likeness (QED) is 0.309. The molecule has 0 fully saturated rings. The summed E-state index contributed by atoms with van der Waals surface area (Å²) in [6, 6.07) is 20.9. The van der Waals surface area contributed by atoms with E-state index in [0.29, 0.717) is 11.3 Å². The topological polar surface area (TPSA) is 87.7 Å². The smallest absolute Gasteiger partial charge is 0.408 e. The Bertz CT molecular complexity index is 1350. The lowest BCUT2D eigenvalue weighted by molar-refractivity contribution is -0.137. The van der Waals surface area contributed by atoms with Crippen LogP contribution >= 0.6 is 0 Å². The molecule has 0 bridgehead atoms. The first kappa shape index (κ1) is 28.3. The highest BCUT2D eigenvalue weighted by Crippen LogP contribution is 2.26. The van der Waals surface area contributed by atoms with Gasteiger partial charge < -0.3 is 15.4 Å². The second-order valence-electron chi connectivity index (χ2n) is 10.6. The Morgan fingerprint density at radius 3 is 2.16 bits per heavy atom. The van der Waals surface area contributed by atoms with Crippen molar-refractivity contribution >= 4 is 34.4 Å². The minimum Gasteiger partial charge on any atom is -0.444 e. The molecule has 3 aromatic carbocycles. The van der Waals surface area contributed by atoms with Crippen LogP contribution in [0.1, 0.15) is 51.8 Å². The zero-order chi connectivity index (χ0) is 28.0. The zero-order valence-corrected chi connectivity index (χ0v) is 22.7. The van der Waals surface area contributed by atoms with Gasteiger partial charge in [0.15, 0.2) is 0 Å². The van der Waals surface area contributed by atoms with Gasteiger partial charge in [-0.25, -0.2) is 4.79 Å². The molecule has 0 aromatic heterocycles. The van der Waals surface area contributed by atoms with Gasteiger partial charge in [0.05, 0.1) is 0 Å². The molecule has 3 rings (SSSR count). The van der Waals surface area contributed by atoms with Crippen molar-refractivity contribution in [1.29, 1.82) is 0 Å². The molecule has 0 spiro atoms. The van der Waals surface area contributed by atoms with Crippen molar-refractivity contribution in [2.24, 2.45) is 5.92 Å². The van der Waals surface area contributed by atoms with Gasteiger partial charge in [-0.1, -0.05) is 80.4 Å². The first-order valence-corrected chi connectivity index (χ1v) is 12.5. The molecular formula is C31H35N3O4. The van der Waals surface area contributed by atoms with Gasteiger partial charge in [0, 0.05) is 11.7 Å². The molecule has 2 N–H and O–H groups in total. The van der Waals surface area contributed by atoms with Gasteiger partial charge in [-0.2, -0.15) is 0 Å². The lowest BCUT2D eigenvalue weighted by Crippen LogP contribution is -2.53. The standard InChI is InChI=1S/C31H35N3O4/c1-8-34(29(36)26(20(2)3)33-30(37)38-31(5,6)7)27(23-15-13-21(4)14-16-23)28(35)32-25-18-17-22-11-9-10-12-24(22)19-25/h1,9-20,26-27H,2-7H3,(H,32,35)(H,33,37). The van der Waals surface area contributed by atoms with Gasteiger partial charge >= 0.3 is 6.09 Å². The first-order valence-electron chi connectivity index (χ1n) is 12.5. The van der Waals surface area contributed by atoms with Crippen molar-refractivity contribution in [3.05, 3.63) is 77.9 Å². The van der Waals surface area contributed by atoms with Crippen molar-refractivity contribution < 1.29 is 19.1 Å². The third-order valence-corrected chi connectivity index (χ3v) is 5.90. The Balaban J connectivity index is 1.96. The highest BCUT2D eigenvalue weighted by molar-refractivity contribution is 6.01. The molecule has 3 aromatic rings. The Morgan fingerprint density at radius 1 is 0.947 bits per heavy atom. The summed E-state index contributed by atoms with van der Waals surface area (Å²) in [5.74, 6) is -1.39. The Morgan fingerprint density at radius 2 is 1.58 bits per heavy atom. The Labute approximate surface area is 224 Å². The minimum absolute atomic E-state index is 0.326. The van der Waals surface area contributed by atoms with Gasteiger partial charge in [0.2, 0.25) is 0 Å². The van der Waals surface area contributed by atoms with Crippen LogP contribution in [0.5, 0.6) is 0 Å². The fraction of sp³-hybridized carbons (Fsp3) is 0.323. The van der Waals surface area contributed by atoms with E-state index in [1.165, 1.54) is 0 Å². The maximum atomic E-state index is 13.8. The molecule has 7 heteroatoms. The van der Waals surface area contributed by atoms with Crippen LogP contribution in [-0.4, -0.2) is 34.5 Å². The summed E-state index contributed by atoms with van der Waals surface area (Å²) in [6.07, 6.45) is 5.11. The van der Waals surface area contributed by atoms with Gasteiger partial charge in [0.25, 0.3) is 11.8 Å². The largest absolute Gasteiger partial charge is 0.444 e. The number of fused-ring (bicyclic) bond motifs is 1. The van der Waals surface area contributed by atoms with E-state index in [9.17, 15) is 14.4 Å². The predicted molar refractivity (Wildman–Crippen MR) is 150 cm³/mol. The normalized spacial score (nSPS) is 12.8. The molecule has 0 radical (unpaired) electrons. The molecule has 2 unspecified atom stereocenters. The van der Waals surface area contributed by atoms with E-state index < -0.39 is 35.6 Å². The number of aryl methyl sites for hydroxylation is 1. The molecule has 38 heavy (non-hydrogen) atoms. The number of nitrogens with zero attached hydrogens (tertiary/aromatic N) is 1. The highest BCUT2D eigenvalue weighted by Gasteiger charge is 2.37. The zero-order valence-electron chi connectivity index (χ0n) is 22.7. The summed E-state index contributed by atoms with van der Waals surface area (Å²) >= 11 is 0. The van der Waals surface area contributed by atoms with Crippen LogP contribution < -0.4 is 10.6 Å². The molecule has 7 nitrogen and oxygen atoms in total. The van der Waals surface area contributed by atoms with Crippen LogP contribution in [0, 0.1) is 25.3 Å². The molecule has 0 aliphatic rings. The fourth-order valence-electron chi connectivity index (χ4n) is 4.01. The van der Waals surface area contributed by atoms with Gasteiger partial charge in [-0.3, -0.25) is 14.5 Å². The molecule has 2 atom stereocenters. The fourth-order valence-corrected chi connectivity index (χ4v) is 4.01. The second kappa shape index (κ2) is 11.8. The van der Waals surface area contributed by atoms with Crippen LogP contribution in [0.3, 0.4) is 0 Å². The van der Waals surface area contributed by atoms with Crippen LogP contribution in [0.2, 0.25) is 0 Å². The van der Waals surface area contributed by atoms with E-state index in [4.69, 9.17) is 11.2 Å². The molecule has 3 amide bonds. The van der Waals surface area contributed by atoms with Crippen LogP contribution in [-0.2, 0) is 14.3 Å². The number of benzene rings is 3. The number of alkyl carbamates (subject to hydrolysis) is 1. The van der Waals surface area contributed by atoms with E-state index in [-0.39, 0.29) is 5.92 Å². The average Bonchev–Trinajstić information content (AvgIpc) is 2.84. The van der Waals surface area contributed by atoms with Crippen molar-refractivity contribution in [2.75, 3.05) is 5.32 Å². The van der Waals surface area contributed by atoms with E-state index in [2.05, 4.69) is 16.7 Å². The number of nitrogens with one attached hydrogen (secondary N) is 2. The van der Waals surface area contributed by atoms with Crippen molar-refractivity contribution in [3.8, 4) is 12.5 Å². The average molecular weight is 514 g/mol. The molecule has 0 aliphatic heterocycles. The summed E-state index contributed by atoms with van der Waals surface area (Å²) in [4.78, 5) is 41.1. The third-order valence-electron chi connectivity index (χ3n) is 5.90. The van der Waals surface area contributed by atoms with Crippen LogP contribution in [0.25, 0.3) is 10.8 Å². The summed E-state index contributed by atoms with van der Waals surface area (Å²) in [5.41, 5.74) is 1.36. The molecule has 0 saturated heterocycles. The molecule has 0 saturated carbocycles. The third kappa shape index (κ3) is 7.13. The summed E-state index contributed by atoms with van der Waals surface area (Å²) in [7, 11) is 0. The molecular weight excluding hydrogens is 478 g/mol. The molecule has 0 aliphatic carbocycles. The van der Waals surface area contributed by atoms with E-state index in [1.807, 2.05) is 55.5 Å². The van der Waals surface area contributed by atoms with Gasteiger partial charge in [-0.15, -0.1) is 0 Å². The first-order chi connectivity index (χ1) is 17.9. The van der Waals surface area contributed by atoms with Crippen LogP contribution in [0.4, 0.5) is 10.5 Å². The maximum Gasteiger partial charge on any atom is 0.408 e. The molecule has 0 heterocycles. The second-order valence-corrected chi connectivity index (χ2v) is 10.6. The Kier molecular flexibility index (Phi) is 8.80. The number of hydrogen-bond donors (Lipinski definition) is 2. The molecule has 198 valence electrons. The maximum absolute atomic E-state index is 13.8. The summed E-state index contributed by atoms with van der Waals surface area (Å²) in [6.45, 7) is 10.7. The SMILES string of the molecule is C#CN(C(=O)C(NC(=O)OC(C)(C)C)C(C)C)C(C(=O)Nc1ccc2ccccc2c1)c1ccc(C)cc1. The summed E-state index contributed by atoms with van der Waals surface area (Å²) < 4.78 is 5.35. The Hall–Kier alpha value is -4.31. The predicted octanol–water partition coefficient (Wildman–Crippen LogP) is 5.80. The number of terminal acetylenes is 1. The number of amides is 3. The van der Waals surface area contributed by atoms with E-state index in [1.54, 1.807) is 52.8 Å². The van der Waals surface area contributed by atoms with Crippen molar-refractivity contribution in [1.82, 2.24) is 10.2 Å². The number of ether oxygens (including phenoxy) is 1.